The van der Waals surface area contributed by atoms with E-state index in [0.29, 0.717) is 6.04 Å². The molecular weight excluding hydrogens is 368 g/mol. The molecule has 19 heavy (non-hydrogen) atoms. The van der Waals surface area contributed by atoms with Crippen molar-refractivity contribution in [3.63, 3.8) is 0 Å². The van der Waals surface area contributed by atoms with Gasteiger partial charge in [-0.3, -0.25) is 0 Å². The van der Waals surface area contributed by atoms with Crippen LogP contribution in [0.25, 0.3) is 0 Å². The Kier molecular flexibility index (Phi) is 4.99. The van der Waals surface area contributed by atoms with Crippen molar-refractivity contribution in [1.29, 1.82) is 0 Å². The summed E-state index contributed by atoms with van der Waals surface area (Å²) in [5.74, 6) is 0. The number of anilines is 1. The average Bonchev–Trinajstić information content (AvgIpc) is 2.41. The zero-order valence-corrected chi connectivity index (χ0v) is 14.1. The number of rotatable bonds is 4. The molecule has 2 aromatic rings. The van der Waals surface area contributed by atoms with Gasteiger partial charge in [0, 0.05) is 4.47 Å². The van der Waals surface area contributed by atoms with E-state index in [1.807, 2.05) is 13.1 Å². The summed E-state index contributed by atoms with van der Waals surface area (Å²) in [7, 11) is 0. The number of aromatic nitrogens is 1. The van der Waals surface area contributed by atoms with Gasteiger partial charge in [-0.05, 0) is 58.6 Å². The van der Waals surface area contributed by atoms with Gasteiger partial charge in [-0.25, -0.2) is 4.98 Å². The Labute approximate surface area is 130 Å². The highest BCUT2D eigenvalue weighted by Crippen LogP contribution is 2.25. The summed E-state index contributed by atoms with van der Waals surface area (Å²) in [6.07, 6.45) is 2.88. The molecule has 0 saturated heterocycles. The van der Waals surface area contributed by atoms with Gasteiger partial charge >= 0.3 is 0 Å². The van der Waals surface area contributed by atoms with Crippen molar-refractivity contribution in [3.8, 4) is 0 Å². The summed E-state index contributed by atoms with van der Waals surface area (Å²) in [4.78, 5) is 4.32. The van der Waals surface area contributed by atoms with Crippen molar-refractivity contribution in [2.75, 3.05) is 5.32 Å². The van der Waals surface area contributed by atoms with Gasteiger partial charge in [0.2, 0.25) is 0 Å². The van der Waals surface area contributed by atoms with Crippen LogP contribution < -0.4 is 5.32 Å². The molecule has 1 aromatic heterocycles. The molecule has 1 heterocycles. The highest BCUT2D eigenvalue weighted by atomic mass is 79.9. The molecule has 1 aromatic carbocycles. The number of nitrogens with zero attached hydrogens (tertiary/aromatic N) is 1. The lowest BCUT2D eigenvalue weighted by molar-refractivity contribution is 0.748. The lowest BCUT2D eigenvalue weighted by Gasteiger charge is -2.19. The standard InChI is InChI=1S/C15H16Br2N2/c1-3-14(11-4-6-12(16)7-5-11)19-13-8-10(2)15(17)18-9-13/h4-9,14,19H,3H2,1-2H3. The number of hydrogen-bond donors (Lipinski definition) is 1. The molecule has 0 fully saturated rings. The van der Waals surface area contributed by atoms with E-state index < -0.39 is 0 Å². The molecule has 1 atom stereocenters. The summed E-state index contributed by atoms with van der Waals surface area (Å²) in [5, 5.41) is 3.53. The van der Waals surface area contributed by atoms with E-state index in [9.17, 15) is 0 Å². The first-order valence-corrected chi connectivity index (χ1v) is 7.83. The quantitative estimate of drug-likeness (QED) is 0.707. The topological polar surface area (TPSA) is 24.9 Å². The van der Waals surface area contributed by atoms with Crippen LogP contribution in [0.3, 0.4) is 0 Å². The summed E-state index contributed by atoms with van der Waals surface area (Å²) in [6, 6.07) is 10.8. The van der Waals surface area contributed by atoms with Crippen LogP contribution in [-0.4, -0.2) is 4.98 Å². The molecule has 4 heteroatoms. The van der Waals surface area contributed by atoms with E-state index in [-0.39, 0.29) is 0 Å². The van der Waals surface area contributed by atoms with Crippen LogP contribution in [0.1, 0.15) is 30.5 Å². The summed E-state index contributed by atoms with van der Waals surface area (Å²) in [5.41, 5.74) is 3.47. The first-order valence-electron chi connectivity index (χ1n) is 6.24. The fourth-order valence-electron chi connectivity index (χ4n) is 1.95. The summed E-state index contributed by atoms with van der Waals surface area (Å²) in [6.45, 7) is 4.22. The lowest BCUT2D eigenvalue weighted by atomic mass is 10.0. The Hall–Kier alpha value is -0.870. The second kappa shape index (κ2) is 6.53. The molecule has 2 rings (SSSR count). The Balaban J connectivity index is 2.18. The second-order valence-electron chi connectivity index (χ2n) is 4.49. The number of pyridine rings is 1. The molecule has 0 amide bonds. The van der Waals surface area contributed by atoms with Crippen LogP contribution in [0.2, 0.25) is 0 Å². The molecule has 1 N–H and O–H groups in total. The highest BCUT2D eigenvalue weighted by molar-refractivity contribution is 9.10. The normalized spacial score (nSPS) is 12.2. The molecular formula is C15H16Br2N2. The number of halogens is 2. The fourth-order valence-corrected chi connectivity index (χ4v) is 2.44. The molecule has 0 aliphatic rings. The fraction of sp³-hybridized carbons (Fsp3) is 0.267. The molecule has 0 radical (unpaired) electrons. The van der Waals surface area contributed by atoms with Crippen molar-refractivity contribution < 1.29 is 0 Å². The van der Waals surface area contributed by atoms with Gasteiger partial charge in [-0.2, -0.15) is 0 Å². The average molecular weight is 384 g/mol. The Morgan fingerprint density at radius 3 is 2.47 bits per heavy atom. The second-order valence-corrected chi connectivity index (χ2v) is 6.16. The van der Waals surface area contributed by atoms with Crippen LogP contribution in [-0.2, 0) is 0 Å². The van der Waals surface area contributed by atoms with Crippen molar-refractivity contribution in [2.45, 2.75) is 26.3 Å². The van der Waals surface area contributed by atoms with Gasteiger partial charge in [0.1, 0.15) is 4.60 Å². The van der Waals surface area contributed by atoms with E-state index >= 15 is 0 Å². The van der Waals surface area contributed by atoms with Crippen LogP contribution in [0.15, 0.2) is 45.6 Å². The minimum atomic E-state index is 0.301. The first-order chi connectivity index (χ1) is 9.10. The molecule has 0 saturated carbocycles. The maximum absolute atomic E-state index is 4.32. The number of aryl methyl sites for hydroxylation is 1. The molecule has 0 aliphatic heterocycles. The van der Waals surface area contributed by atoms with Crippen molar-refractivity contribution >= 4 is 37.5 Å². The zero-order chi connectivity index (χ0) is 13.8. The Morgan fingerprint density at radius 1 is 1.21 bits per heavy atom. The molecule has 0 aliphatic carbocycles. The van der Waals surface area contributed by atoms with Gasteiger partial charge in [0.25, 0.3) is 0 Å². The summed E-state index contributed by atoms with van der Waals surface area (Å²) >= 11 is 6.89. The number of benzene rings is 1. The third kappa shape index (κ3) is 3.80. The smallest absolute Gasteiger partial charge is 0.109 e. The lowest BCUT2D eigenvalue weighted by Crippen LogP contribution is -2.10. The SMILES string of the molecule is CCC(Nc1cnc(Br)c(C)c1)c1ccc(Br)cc1. The van der Waals surface area contributed by atoms with E-state index in [2.05, 4.69) is 79.4 Å². The van der Waals surface area contributed by atoms with E-state index in [1.165, 1.54) is 5.56 Å². The van der Waals surface area contributed by atoms with Gasteiger partial charge < -0.3 is 5.32 Å². The molecule has 100 valence electrons. The van der Waals surface area contributed by atoms with Gasteiger partial charge in [0.05, 0.1) is 17.9 Å². The van der Waals surface area contributed by atoms with E-state index in [4.69, 9.17) is 0 Å². The first kappa shape index (κ1) is 14.5. The molecule has 0 spiro atoms. The third-order valence-corrected chi connectivity index (χ3v) is 4.39. The molecule has 1 unspecified atom stereocenters. The van der Waals surface area contributed by atoms with Gasteiger partial charge in [0.15, 0.2) is 0 Å². The van der Waals surface area contributed by atoms with E-state index in [0.717, 1.165) is 26.7 Å². The highest BCUT2D eigenvalue weighted by Gasteiger charge is 2.09. The number of nitrogens with one attached hydrogen (secondary N) is 1. The third-order valence-electron chi connectivity index (χ3n) is 3.04. The minimum Gasteiger partial charge on any atom is -0.377 e. The monoisotopic (exact) mass is 382 g/mol. The largest absolute Gasteiger partial charge is 0.377 e. The van der Waals surface area contributed by atoms with E-state index in [1.54, 1.807) is 0 Å². The van der Waals surface area contributed by atoms with Crippen molar-refractivity contribution in [3.05, 3.63) is 56.7 Å². The van der Waals surface area contributed by atoms with Crippen LogP contribution in [0, 0.1) is 6.92 Å². The molecule has 0 bridgehead atoms. The predicted molar refractivity (Wildman–Crippen MR) is 87.5 cm³/mol. The van der Waals surface area contributed by atoms with Crippen LogP contribution in [0.5, 0.6) is 0 Å². The van der Waals surface area contributed by atoms with Crippen molar-refractivity contribution in [1.82, 2.24) is 4.98 Å². The number of hydrogen-bond acceptors (Lipinski definition) is 2. The minimum absolute atomic E-state index is 0.301. The van der Waals surface area contributed by atoms with Crippen molar-refractivity contribution in [2.24, 2.45) is 0 Å². The summed E-state index contributed by atoms with van der Waals surface area (Å²) < 4.78 is 2.00. The predicted octanol–water partition coefficient (Wildman–Crippen LogP) is 5.48. The molecule has 2 nitrogen and oxygen atoms in total. The van der Waals surface area contributed by atoms with Crippen LogP contribution >= 0.6 is 31.9 Å². The van der Waals surface area contributed by atoms with Crippen LogP contribution in [0.4, 0.5) is 5.69 Å². The zero-order valence-electron chi connectivity index (χ0n) is 11.0. The maximum Gasteiger partial charge on any atom is 0.109 e. The maximum atomic E-state index is 4.32. The Morgan fingerprint density at radius 2 is 1.89 bits per heavy atom. The van der Waals surface area contributed by atoms with Gasteiger partial charge in [-0.15, -0.1) is 0 Å². The van der Waals surface area contributed by atoms with Gasteiger partial charge in [-0.1, -0.05) is 35.0 Å². The Bertz CT molecular complexity index is 553.